The Kier molecular flexibility index (Phi) is 12.3. The monoisotopic (exact) mass is 438 g/mol. The lowest BCUT2D eigenvalue weighted by Crippen LogP contribution is -2.43. The Hall–Kier alpha value is -1.42. The molecule has 0 aromatic heterocycles. The van der Waals surface area contributed by atoms with Crippen LogP contribution in [0.5, 0.6) is 0 Å². The number of carbonyl (C=O) groups is 1. The van der Waals surface area contributed by atoms with Crippen LogP contribution in [0.1, 0.15) is 12.5 Å². The molecule has 1 aromatic carbocycles. The minimum Gasteiger partial charge on any atom is -0.383 e. The van der Waals surface area contributed by atoms with Crippen molar-refractivity contribution in [3.63, 3.8) is 0 Å². The quantitative estimate of drug-likeness (QED) is 0.247. The molecule has 130 valence electrons. The predicted molar refractivity (Wildman–Crippen MR) is 99.5 cm³/mol. The summed E-state index contributed by atoms with van der Waals surface area (Å²) in [4.78, 5) is 15.8. The van der Waals surface area contributed by atoms with Gasteiger partial charge in [-0.05, 0) is 13.0 Å². The summed E-state index contributed by atoms with van der Waals surface area (Å²) in [5.74, 6) is 0.0144. The number of methoxy groups -OCH3 is 1. The number of carbonyl (C=O) groups excluding carboxylic acids is 1. The van der Waals surface area contributed by atoms with Crippen LogP contribution in [-0.4, -0.2) is 45.2 Å². The van der Waals surface area contributed by atoms with Crippen LogP contribution >= 0.6 is 24.0 Å². The molecule has 0 heterocycles. The van der Waals surface area contributed by atoms with Crippen LogP contribution in [-0.2, 0) is 16.1 Å². The van der Waals surface area contributed by atoms with Gasteiger partial charge in [0.05, 0.1) is 19.7 Å². The molecule has 0 saturated carbocycles. The third-order valence-corrected chi connectivity index (χ3v) is 2.75. The number of guanidine groups is 1. The molecule has 0 unspecified atom stereocenters. The first-order chi connectivity index (χ1) is 10.7. The number of hydrogen-bond donors (Lipinski definition) is 3. The maximum atomic E-state index is 13.5. The molecule has 0 radical (unpaired) electrons. The van der Waals surface area contributed by atoms with Crippen molar-refractivity contribution >= 4 is 35.8 Å². The average molecular weight is 438 g/mol. The predicted octanol–water partition coefficient (Wildman–Crippen LogP) is 1.26. The van der Waals surface area contributed by atoms with Crippen molar-refractivity contribution in [1.82, 2.24) is 16.0 Å². The van der Waals surface area contributed by atoms with Crippen molar-refractivity contribution in [3.05, 3.63) is 35.6 Å². The molecule has 0 atom stereocenters. The van der Waals surface area contributed by atoms with Gasteiger partial charge in [-0.3, -0.25) is 4.79 Å². The molecule has 3 N–H and O–H groups in total. The van der Waals surface area contributed by atoms with Gasteiger partial charge in [-0.1, -0.05) is 18.2 Å². The molecule has 0 aliphatic carbocycles. The Morgan fingerprint density at radius 3 is 2.65 bits per heavy atom. The molecule has 0 aliphatic rings. The molecular weight excluding hydrogens is 414 g/mol. The largest absolute Gasteiger partial charge is 0.383 e. The molecule has 1 rings (SSSR count). The lowest BCUT2D eigenvalue weighted by atomic mass is 10.2. The van der Waals surface area contributed by atoms with E-state index in [2.05, 4.69) is 20.9 Å². The maximum absolute atomic E-state index is 13.5. The second kappa shape index (κ2) is 13.1. The first-order valence-corrected chi connectivity index (χ1v) is 7.18. The second-order valence-corrected chi connectivity index (χ2v) is 4.48. The van der Waals surface area contributed by atoms with Crippen LogP contribution in [0.4, 0.5) is 4.39 Å². The highest BCUT2D eigenvalue weighted by molar-refractivity contribution is 14.0. The minimum absolute atomic E-state index is 0. The van der Waals surface area contributed by atoms with Gasteiger partial charge in [-0.15, -0.1) is 24.0 Å². The van der Waals surface area contributed by atoms with Gasteiger partial charge >= 0.3 is 0 Å². The van der Waals surface area contributed by atoms with E-state index in [1.165, 1.54) is 6.07 Å². The van der Waals surface area contributed by atoms with Crippen molar-refractivity contribution in [2.45, 2.75) is 13.5 Å². The van der Waals surface area contributed by atoms with E-state index in [1.54, 1.807) is 25.3 Å². The summed E-state index contributed by atoms with van der Waals surface area (Å²) in [7, 11) is 1.57. The van der Waals surface area contributed by atoms with Gasteiger partial charge in [-0.25, -0.2) is 9.38 Å². The van der Waals surface area contributed by atoms with Crippen LogP contribution in [0.15, 0.2) is 29.3 Å². The summed E-state index contributed by atoms with van der Waals surface area (Å²) in [6.07, 6.45) is 0. The second-order valence-electron chi connectivity index (χ2n) is 4.48. The lowest BCUT2D eigenvalue weighted by molar-refractivity contribution is -0.120. The van der Waals surface area contributed by atoms with Crippen LogP contribution < -0.4 is 16.0 Å². The van der Waals surface area contributed by atoms with Crippen molar-refractivity contribution in [2.24, 2.45) is 4.99 Å². The summed E-state index contributed by atoms with van der Waals surface area (Å²) in [6.45, 7) is 3.78. The minimum atomic E-state index is -0.292. The number of nitrogens with zero attached hydrogens (tertiary/aromatic N) is 1. The molecule has 23 heavy (non-hydrogen) atoms. The molecule has 0 spiro atoms. The summed E-state index contributed by atoms with van der Waals surface area (Å²) in [6, 6.07) is 6.47. The van der Waals surface area contributed by atoms with E-state index in [-0.39, 0.29) is 48.8 Å². The zero-order valence-corrected chi connectivity index (χ0v) is 15.7. The van der Waals surface area contributed by atoms with Crippen molar-refractivity contribution in [2.75, 3.05) is 33.4 Å². The van der Waals surface area contributed by atoms with E-state index in [4.69, 9.17) is 4.74 Å². The molecular formula is C15H24FIN4O2. The fourth-order valence-corrected chi connectivity index (χ4v) is 1.65. The number of rotatable bonds is 8. The SMILES string of the molecule is CCNC(=NCc1ccccc1F)NCC(=O)NCCOC.I. The van der Waals surface area contributed by atoms with Crippen molar-refractivity contribution < 1.29 is 13.9 Å². The molecule has 0 aliphatic heterocycles. The van der Waals surface area contributed by atoms with E-state index in [0.717, 1.165) is 0 Å². The topological polar surface area (TPSA) is 74.8 Å². The molecule has 0 bridgehead atoms. The van der Waals surface area contributed by atoms with Gasteiger partial charge in [0, 0.05) is 25.8 Å². The Morgan fingerprint density at radius 1 is 1.26 bits per heavy atom. The molecule has 0 fully saturated rings. The molecule has 1 amide bonds. The highest BCUT2D eigenvalue weighted by atomic mass is 127. The number of halogens is 2. The average Bonchev–Trinajstić information content (AvgIpc) is 2.51. The number of hydrogen-bond acceptors (Lipinski definition) is 3. The standard InChI is InChI=1S/C15H23FN4O2.HI/c1-3-17-15(20-11-14(21)18-8-9-22-2)19-10-12-6-4-5-7-13(12)16;/h4-7H,3,8-11H2,1-2H3,(H,18,21)(H2,17,19,20);1H. The Morgan fingerprint density at radius 2 is 2.00 bits per heavy atom. The van der Waals surface area contributed by atoms with Gasteiger partial charge < -0.3 is 20.7 Å². The number of ether oxygens (including phenoxy) is 1. The zero-order valence-electron chi connectivity index (χ0n) is 13.4. The van der Waals surface area contributed by atoms with E-state index in [1.807, 2.05) is 6.92 Å². The number of nitrogens with one attached hydrogen (secondary N) is 3. The number of benzene rings is 1. The fraction of sp³-hybridized carbons (Fsp3) is 0.467. The molecule has 8 heteroatoms. The van der Waals surface area contributed by atoms with Crippen molar-refractivity contribution in [1.29, 1.82) is 0 Å². The molecule has 0 saturated heterocycles. The summed E-state index contributed by atoms with van der Waals surface area (Å²) < 4.78 is 18.4. The van der Waals surface area contributed by atoms with Crippen LogP contribution in [0.3, 0.4) is 0 Å². The smallest absolute Gasteiger partial charge is 0.239 e. The zero-order chi connectivity index (χ0) is 16.2. The Bertz CT molecular complexity index is 500. The number of aliphatic imine (C=N–C) groups is 1. The van der Waals surface area contributed by atoms with E-state index >= 15 is 0 Å². The van der Waals surface area contributed by atoms with Gasteiger partial charge in [0.15, 0.2) is 5.96 Å². The van der Waals surface area contributed by atoms with Gasteiger partial charge in [0.1, 0.15) is 5.82 Å². The van der Waals surface area contributed by atoms with E-state index in [9.17, 15) is 9.18 Å². The van der Waals surface area contributed by atoms with Crippen LogP contribution in [0.2, 0.25) is 0 Å². The highest BCUT2D eigenvalue weighted by Gasteiger charge is 2.04. The first-order valence-electron chi connectivity index (χ1n) is 7.18. The Labute approximate surface area is 153 Å². The van der Waals surface area contributed by atoms with Crippen LogP contribution in [0.25, 0.3) is 0 Å². The fourth-order valence-electron chi connectivity index (χ4n) is 1.65. The van der Waals surface area contributed by atoms with Gasteiger partial charge in [0.2, 0.25) is 5.91 Å². The third kappa shape index (κ3) is 9.34. The molecule has 6 nitrogen and oxygen atoms in total. The highest BCUT2D eigenvalue weighted by Crippen LogP contribution is 2.07. The van der Waals surface area contributed by atoms with E-state index < -0.39 is 0 Å². The third-order valence-electron chi connectivity index (χ3n) is 2.75. The summed E-state index contributed by atoms with van der Waals surface area (Å²) in [5.41, 5.74) is 0.504. The van der Waals surface area contributed by atoms with Crippen LogP contribution in [0, 0.1) is 5.82 Å². The summed E-state index contributed by atoms with van der Waals surface area (Å²) in [5, 5.41) is 8.60. The normalized spacial score (nSPS) is 10.7. The van der Waals surface area contributed by atoms with Crippen molar-refractivity contribution in [3.8, 4) is 0 Å². The summed E-state index contributed by atoms with van der Waals surface area (Å²) >= 11 is 0. The van der Waals surface area contributed by atoms with E-state index in [0.29, 0.717) is 31.2 Å². The Balaban J connectivity index is 0.00000484. The maximum Gasteiger partial charge on any atom is 0.239 e. The first kappa shape index (κ1) is 21.6. The van der Waals surface area contributed by atoms with Gasteiger partial charge in [-0.2, -0.15) is 0 Å². The number of amides is 1. The lowest BCUT2D eigenvalue weighted by Gasteiger charge is -2.11. The molecule has 1 aromatic rings. The van der Waals surface area contributed by atoms with Gasteiger partial charge in [0.25, 0.3) is 0 Å².